The van der Waals surface area contributed by atoms with Crippen LogP contribution in [0.1, 0.15) is 50.9 Å². The monoisotopic (exact) mass is 233 g/mol. The van der Waals surface area contributed by atoms with Crippen LogP contribution in [0.4, 0.5) is 0 Å². The molecule has 0 aliphatic rings. The number of rotatable bonds is 9. The summed E-state index contributed by atoms with van der Waals surface area (Å²) in [7, 11) is 0. The second-order valence-electron chi connectivity index (χ2n) is 4.14. The highest BCUT2D eigenvalue weighted by Gasteiger charge is 2.11. The zero-order valence-corrected chi connectivity index (χ0v) is 10.7. The molecule has 0 saturated heterocycles. The molecule has 0 amide bonds. The average molecular weight is 233 g/mol. The summed E-state index contributed by atoms with van der Waals surface area (Å²) in [6.07, 6.45) is 11.5. The Hall–Kier alpha value is -1.22. The summed E-state index contributed by atoms with van der Waals surface area (Å²) in [5, 5.41) is 3.44. The lowest BCUT2D eigenvalue weighted by Crippen LogP contribution is -2.22. The Kier molecular flexibility index (Phi) is 7.23. The number of nitrogens with zero attached hydrogens (tertiary/aromatic N) is 2. The van der Waals surface area contributed by atoms with Crippen LogP contribution in [0.3, 0.4) is 0 Å². The Morgan fingerprint density at radius 2 is 2.06 bits per heavy atom. The minimum Gasteiger partial charge on any atom is -0.308 e. The molecule has 94 valence electrons. The van der Waals surface area contributed by atoms with Crippen molar-refractivity contribution in [2.45, 2.75) is 45.1 Å². The highest BCUT2D eigenvalue weighted by Crippen LogP contribution is 2.16. The first-order valence-electron chi connectivity index (χ1n) is 6.49. The fourth-order valence-electron chi connectivity index (χ4n) is 1.87. The Labute approximate surface area is 104 Å². The first-order valence-corrected chi connectivity index (χ1v) is 6.49. The van der Waals surface area contributed by atoms with Crippen molar-refractivity contribution in [3.05, 3.63) is 36.9 Å². The van der Waals surface area contributed by atoms with Gasteiger partial charge in [0.05, 0.1) is 6.04 Å². The van der Waals surface area contributed by atoms with E-state index in [4.69, 9.17) is 0 Å². The maximum Gasteiger partial charge on any atom is 0.145 e. The van der Waals surface area contributed by atoms with Crippen molar-refractivity contribution in [3.63, 3.8) is 0 Å². The number of aromatic nitrogens is 2. The van der Waals surface area contributed by atoms with E-state index in [1.165, 1.54) is 19.3 Å². The van der Waals surface area contributed by atoms with E-state index in [0.29, 0.717) is 6.04 Å². The van der Waals surface area contributed by atoms with Gasteiger partial charge in [-0.05, 0) is 31.9 Å². The van der Waals surface area contributed by atoms with Crippen molar-refractivity contribution in [2.24, 2.45) is 0 Å². The van der Waals surface area contributed by atoms with Crippen LogP contribution in [0.15, 0.2) is 31.1 Å². The van der Waals surface area contributed by atoms with Crippen molar-refractivity contribution < 1.29 is 0 Å². The van der Waals surface area contributed by atoms with Crippen LogP contribution in [-0.4, -0.2) is 16.5 Å². The first kappa shape index (κ1) is 13.8. The van der Waals surface area contributed by atoms with Gasteiger partial charge < -0.3 is 5.32 Å². The molecule has 1 aromatic heterocycles. The van der Waals surface area contributed by atoms with Crippen LogP contribution in [-0.2, 0) is 0 Å². The molecule has 17 heavy (non-hydrogen) atoms. The van der Waals surface area contributed by atoms with Crippen molar-refractivity contribution in [1.82, 2.24) is 15.3 Å². The van der Waals surface area contributed by atoms with E-state index in [0.717, 1.165) is 25.2 Å². The van der Waals surface area contributed by atoms with E-state index >= 15 is 0 Å². The van der Waals surface area contributed by atoms with E-state index in [9.17, 15) is 0 Å². The Balaban J connectivity index is 2.36. The van der Waals surface area contributed by atoms with Gasteiger partial charge in [-0.2, -0.15) is 0 Å². The molecule has 3 heteroatoms. The zero-order valence-electron chi connectivity index (χ0n) is 10.7. The summed E-state index contributed by atoms with van der Waals surface area (Å²) < 4.78 is 0. The molecule has 1 heterocycles. The predicted octanol–water partition coefficient (Wildman–Crippen LogP) is 3.26. The molecule has 1 rings (SSSR count). The molecule has 0 saturated carbocycles. The second-order valence-corrected chi connectivity index (χ2v) is 4.14. The summed E-state index contributed by atoms with van der Waals surface area (Å²) in [5.41, 5.74) is 0. The molecule has 0 fully saturated rings. The molecule has 3 nitrogen and oxygen atoms in total. The SMILES string of the molecule is C=CCCCCCC(NCC)c1ncccn1. The number of hydrogen-bond donors (Lipinski definition) is 1. The fourth-order valence-corrected chi connectivity index (χ4v) is 1.87. The molecule has 0 aliphatic heterocycles. The van der Waals surface area contributed by atoms with Gasteiger partial charge >= 0.3 is 0 Å². The third kappa shape index (κ3) is 5.59. The van der Waals surface area contributed by atoms with Crippen LogP contribution >= 0.6 is 0 Å². The van der Waals surface area contributed by atoms with Crippen LogP contribution in [0.5, 0.6) is 0 Å². The van der Waals surface area contributed by atoms with Crippen LogP contribution in [0.25, 0.3) is 0 Å². The topological polar surface area (TPSA) is 37.8 Å². The minimum absolute atomic E-state index is 0.296. The lowest BCUT2D eigenvalue weighted by atomic mass is 10.1. The Bertz CT molecular complexity index is 298. The van der Waals surface area contributed by atoms with Gasteiger partial charge in [0.25, 0.3) is 0 Å². The zero-order chi connectivity index (χ0) is 12.3. The number of hydrogen-bond acceptors (Lipinski definition) is 3. The van der Waals surface area contributed by atoms with Gasteiger partial charge in [0.2, 0.25) is 0 Å². The van der Waals surface area contributed by atoms with E-state index in [1.54, 1.807) is 0 Å². The highest BCUT2D eigenvalue weighted by molar-refractivity contribution is 4.95. The second kappa shape index (κ2) is 8.88. The number of unbranched alkanes of at least 4 members (excludes halogenated alkanes) is 3. The predicted molar refractivity (Wildman–Crippen MR) is 71.7 cm³/mol. The van der Waals surface area contributed by atoms with Crippen molar-refractivity contribution in [3.8, 4) is 0 Å². The van der Waals surface area contributed by atoms with E-state index < -0.39 is 0 Å². The van der Waals surface area contributed by atoms with Gasteiger partial charge in [-0.3, -0.25) is 0 Å². The maximum absolute atomic E-state index is 4.32. The number of allylic oxidation sites excluding steroid dienone is 1. The molecule has 0 radical (unpaired) electrons. The summed E-state index contributed by atoms with van der Waals surface area (Å²) in [6, 6.07) is 2.15. The lowest BCUT2D eigenvalue weighted by Gasteiger charge is -2.15. The van der Waals surface area contributed by atoms with Gasteiger partial charge in [-0.1, -0.05) is 25.8 Å². The van der Waals surface area contributed by atoms with E-state index in [2.05, 4.69) is 28.8 Å². The van der Waals surface area contributed by atoms with Gasteiger partial charge in [0.15, 0.2) is 0 Å². The molecule has 0 aliphatic carbocycles. The largest absolute Gasteiger partial charge is 0.308 e. The summed E-state index contributed by atoms with van der Waals surface area (Å²) in [6.45, 7) is 6.81. The fraction of sp³-hybridized carbons (Fsp3) is 0.571. The van der Waals surface area contributed by atoms with Crippen LogP contribution in [0.2, 0.25) is 0 Å². The maximum atomic E-state index is 4.32. The average Bonchev–Trinajstić information content (AvgIpc) is 2.38. The Morgan fingerprint density at radius 3 is 2.71 bits per heavy atom. The van der Waals surface area contributed by atoms with E-state index in [1.807, 2.05) is 24.5 Å². The molecule has 1 aromatic rings. The molecule has 0 bridgehead atoms. The van der Waals surface area contributed by atoms with Gasteiger partial charge in [-0.15, -0.1) is 6.58 Å². The summed E-state index contributed by atoms with van der Waals surface area (Å²) in [4.78, 5) is 8.65. The van der Waals surface area contributed by atoms with E-state index in [-0.39, 0.29) is 0 Å². The summed E-state index contributed by atoms with van der Waals surface area (Å²) in [5.74, 6) is 0.915. The number of nitrogens with one attached hydrogen (secondary N) is 1. The minimum atomic E-state index is 0.296. The summed E-state index contributed by atoms with van der Waals surface area (Å²) >= 11 is 0. The molecular formula is C14H23N3. The highest BCUT2D eigenvalue weighted by atomic mass is 15.0. The van der Waals surface area contributed by atoms with Gasteiger partial charge in [0, 0.05) is 12.4 Å². The van der Waals surface area contributed by atoms with Crippen LogP contribution < -0.4 is 5.32 Å². The Morgan fingerprint density at radius 1 is 1.29 bits per heavy atom. The standard InChI is InChI=1S/C14H23N3/c1-3-5-6-7-8-10-13(15-4-2)14-16-11-9-12-17-14/h3,9,11-13,15H,1,4-8,10H2,2H3. The molecule has 1 unspecified atom stereocenters. The third-order valence-electron chi connectivity index (χ3n) is 2.75. The lowest BCUT2D eigenvalue weighted by molar-refractivity contribution is 0.463. The molecule has 1 atom stereocenters. The smallest absolute Gasteiger partial charge is 0.145 e. The molecule has 1 N–H and O–H groups in total. The van der Waals surface area contributed by atoms with Crippen molar-refractivity contribution >= 4 is 0 Å². The van der Waals surface area contributed by atoms with Crippen LogP contribution in [0, 0.1) is 0 Å². The normalized spacial score (nSPS) is 12.3. The van der Waals surface area contributed by atoms with Crippen molar-refractivity contribution in [1.29, 1.82) is 0 Å². The van der Waals surface area contributed by atoms with Crippen molar-refractivity contribution in [2.75, 3.05) is 6.54 Å². The molecule has 0 aromatic carbocycles. The van der Waals surface area contributed by atoms with Gasteiger partial charge in [0.1, 0.15) is 5.82 Å². The third-order valence-corrected chi connectivity index (χ3v) is 2.75. The molecular weight excluding hydrogens is 210 g/mol. The first-order chi connectivity index (χ1) is 8.38. The quantitative estimate of drug-likeness (QED) is 0.525. The molecule has 0 spiro atoms. The van der Waals surface area contributed by atoms with Gasteiger partial charge in [-0.25, -0.2) is 9.97 Å².